The van der Waals surface area contributed by atoms with Gasteiger partial charge in [0.1, 0.15) is 0 Å². The molecule has 1 aromatic carbocycles. The van der Waals surface area contributed by atoms with Crippen molar-refractivity contribution in [2.24, 2.45) is 0 Å². The van der Waals surface area contributed by atoms with E-state index in [1.165, 1.54) is 4.31 Å². The van der Waals surface area contributed by atoms with Crippen LogP contribution in [0, 0.1) is 0 Å². The first-order valence-electron chi connectivity index (χ1n) is 6.63. The maximum atomic E-state index is 12.4. The van der Waals surface area contributed by atoms with Crippen molar-refractivity contribution in [3.63, 3.8) is 0 Å². The summed E-state index contributed by atoms with van der Waals surface area (Å²) in [6.45, 7) is 0.855. The number of ether oxygens (including phenoxy) is 2. The number of sulfonamides is 1. The summed E-state index contributed by atoms with van der Waals surface area (Å²) in [6, 6.07) is 9.23. The van der Waals surface area contributed by atoms with Gasteiger partial charge in [0, 0.05) is 40.2 Å². The summed E-state index contributed by atoms with van der Waals surface area (Å²) in [4.78, 5) is 0. The van der Waals surface area contributed by atoms with Gasteiger partial charge in [-0.3, -0.25) is 0 Å². The molecule has 0 aromatic heterocycles. The number of rotatable bonds is 5. The Hall–Kier alpha value is -0.950. The smallest absolute Gasteiger partial charge is 0.218 e. The van der Waals surface area contributed by atoms with Crippen molar-refractivity contribution in [1.29, 1.82) is 0 Å². The van der Waals surface area contributed by atoms with E-state index in [1.807, 2.05) is 30.3 Å². The van der Waals surface area contributed by atoms with Crippen LogP contribution >= 0.6 is 0 Å². The molecule has 1 aliphatic rings. The third-order valence-corrected chi connectivity index (χ3v) is 5.66. The minimum Gasteiger partial charge on any atom is -0.353 e. The molecular weight excluding hydrogens is 278 g/mol. The van der Waals surface area contributed by atoms with Crippen LogP contribution in [-0.2, 0) is 25.2 Å². The predicted octanol–water partition coefficient (Wildman–Crippen LogP) is 1.60. The molecule has 2 rings (SSSR count). The Labute approximate surface area is 120 Å². The van der Waals surface area contributed by atoms with Crippen LogP contribution in [-0.4, -0.2) is 45.8 Å². The molecule has 0 spiro atoms. The summed E-state index contributed by atoms with van der Waals surface area (Å²) < 4.78 is 37.0. The van der Waals surface area contributed by atoms with E-state index in [0.29, 0.717) is 25.9 Å². The zero-order valence-corrected chi connectivity index (χ0v) is 12.7. The lowest BCUT2D eigenvalue weighted by Gasteiger charge is -2.38. The highest BCUT2D eigenvalue weighted by molar-refractivity contribution is 7.88. The van der Waals surface area contributed by atoms with Crippen molar-refractivity contribution in [2.45, 2.75) is 24.4 Å². The van der Waals surface area contributed by atoms with Crippen LogP contribution < -0.4 is 0 Å². The summed E-state index contributed by atoms with van der Waals surface area (Å²) in [6.07, 6.45) is 1.10. The van der Waals surface area contributed by atoms with Crippen LogP contribution in [0.1, 0.15) is 18.4 Å². The molecule has 0 radical (unpaired) electrons. The first-order valence-corrected chi connectivity index (χ1v) is 8.24. The summed E-state index contributed by atoms with van der Waals surface area (Å²) in [5.74, 6) is -0.598. The largest absolute Gasteiger partial charge is 0.353 e. The molecule has 0 unspecified atom stereocenters. The molecule has 20 heavy (non-hydrogen) atoms. The fraction of sp³-hybridized carbons (Fsp3) is 0.571. The van der Waals surface area contributed by atoms with E-state index in [-0.39, 0.29) is 5.75 Å². The second-order valence-corrected chi connectivity index (χ2v) is 6.93. The van der Waals surface area contributed by atoms with Crippen molar-refractivity contribution >= 4 is 10.0 Å². The highest BCUT2D eigenvalue weighted by Gasteiger charge is 2.38. The lowest BCUT2D eigenvalue weighted by atomic mass is 10.1. The summed E-state index contributed by atoms with van der Waals surface area (Å²) in [7, 11) is -0.0911. The third-order valence-electron chi connectivity index (χ3n) is 3.81. The standard InChI is InChI=1S/C14H21NO4S/c1-18-14(19-2)8-10-15(11-9-14)20(16,17)12-13-6-4-3-5-7-13/h3-7H,8-12H2,1-2H3. The average Bonchev–Trinajstić information content (AvgIpc) is 2.48. The van der Waals surface area contributed by atoms with Gasteiger partial charge in [0.05, 0.1) is 5.75 Å². The maximum Gasteiger partial charge on any atom is 0.218 e. The van der Waals surface area contributed by atoms with Gasteiger partial charge in [-0.15, -0.1) is 0 Å². The van der Waals surface area contributed by atoms with Crippen LogP contribution in [0.15, 0.2) is 30.3 Å². The lowest BCUT2D eigenvalue weighted by molar-refractivity contribution is -0.224. The van der Waals surface area contributed by atoms with Crippen LogP contribution in [0.3, 0.4) is 0 Å². The second-order valence-electron chi connectivity index (χ2n) is 4.96. The van der Waals surface area contributed by atoms with Crippen molar-refractivity contribution < 1.29 is 17.9 Å². The molecule has 0 saturated carbocycles. The van der Waals surface area contributed by atoms with Gasteiger partial charge in [-0.25, -0.2) is 12.7 Å². The van der Waals surface area contributed by atoms with Crippen LogP contribution in [0.4, 0.5) is 0 Å². The normalized spacial score (nSPS) is 19.9. The predicted molar refractivity (Wildman–Crippen MR) is 76.6 cm³/mol. The number of nitrogens with zero attached hydrogens (tertiary/aromatic N) is 1. The van der Waals surface area contributed by atoms with E-state index in [9.17, 15) is 8.42 Å². The molecule has 112 valence electrons. The Morgan fingerprint density at radius 2 is 1.65 bits per heavy atom. The molecule has 1 saturated heterocycles. The molecule has 1 aliphatic heterocycles. The van der Waals surface area contributed by atoms with Gasteiger partial charge >= 0.3 is 0 Å². The maximum absolute atomic E-state index is 12.4. The molecule has 0 aliphatic carbocycles. The minimum absolute atomic E-state index is 0.0425. The van der Waals surface area contributed by atoms with Crippen molar-refractivity contribution in [3.05, 3.63) is 35.9 Å². The highest BCUT2D eigenvalue weighted by Crippen LogP contribution is 2.28. The van der Waals surface area contributed by atoms with E-state index in [0.717, 1.165) is 5.56 Å². The molecule has 0 bridgehead atoms. The number of hydrogen-bond acceptors (Lipinski definition) is 4. The topological polar surface area (TPSA) is 55.8 Å². The zero-order valence-electron chi connectivity index (χ0n) is 11.9. The SMILES string of the molecule is COC1(OC)CCN(S(=O)(=O)Cc2ccccc2)CC1. The van der Waals surface area contributed by atoms with Gasteiger partial charge in [-0.05, 0) is 5.56 Å². The van der Waals surface area contributed by atoms with Crippen molar-refractivity contribution in [1.82, 2.24) is 4.31 Å². The first kappa shape index (κ1) is 15.4. The summed E-state index contributed by atoms with van der Waals surface area (Å²) >= 11 is 0. The average molecular weight is 299 g/mol. The van der Waals surface area contributed by atoms with Gasteiger partial charge < -0.3 is 9.47 Å². The second kappa shape index (κ2) is 6.22. The molecule has 0 N–H and O–H groups in total. The molecule has 1 fully saturated rings. The number of benzene rings is 1. The highest BCUT2D eigenvalue weighted by atomic mass is 32.2. The molecule has 1 aromatic rings. The van der Waals surface area contributed by atoms with Gasteiger partial charge in [0.2, 0.25) is 10.0 Å². The summed E-state index contributed by atoms with van der Waals surface area (Å²) in [5.41, 5.74) is 0.808. The van der Waals surface area contributed by atoms with Crippen molar-refractivity contribution in [3.8, 4) is 0 Å². The molecule has 1 heterocycles. The Morgan fingerprint density at radius 1 is 1.10 bits per heavy atom. The van der Waals surface area contributed by atoms with Crippen LogP contribution in [0.25, 0.3) is 0 Å². The van der Waals surface area contributed by atoms with E-state index in [4.69, 9.17) is 9.47 Å². The Morgan fingerprint density at radius 3 is 2.15 bits per heavy atom. The molecular formula is C14H21NO4S. The Bertz CT molecular complexity index is 515. The number of methoxy groups -OCH3 is 2. The lowest BCUT2D eigenvalue weighted by Crippen LogP contribution is -2.48. The minimum atomic E-state index is -3.28. The van der Waals surface area contributed by atoms with Gasteiger partial charge in [-0.2, -0.15) is 0 Å². The molecule has 6 heteroatoms. The quantitative estimate of drug-likeness (QED) is 0.775. The van der Waals surface area contributed by atoms with Gasteiger partial charge in [0.15, 0.2) is 5.79 Å². The monoisotopic (exact) mass is 299 g/mol. The van der Waals surface area contributed by atoms with E-state index >= 15 is 0 Å². The van der Waals surface area contributed by atoms with Gasteiger partial charge in [-0.1, -0.05) is 30.3 Å². The Kier molecular flexibility index (Phi) is 4.80. The van der Waals surface area contributed by atoms with Crippen molar-refractivity contribution in [2.75, 3.05) is 27.3 Å². The van der Waals surface area contributed by atoms with Crippen LogP contribution in [0.5, 0.6) is 0 Å². The fourth-order valence-electron chi connectivity index (χ4n) is 2.47. The van der Waals surface area contributed by atoms with E-state index < -0.39 is 15.8 Å². The first-order chi connectivity index (χ1) is 9.51. The molecule has 0 atom stereocenters. The van der Waals surface area contributed by atoms with Gasteiger partial charge in [0.25, 0.3) is 0 Å². The summed E-state index contributed by atoms with van der Waals surface area (Å²) in [5, 5.41) is 0. The van der Waals surface area contributed by atoms with E-state index in [2.05, 4.69) is 0 Å². The zero-order chi connectivity index (χ0) is 14.6. The van der Waals surface area contributed by atoms with Crippen LogP contribution in [0.2, 0.25) is 0 Å². The number of piperidine rings is 1. The third kappa shape index (κ3) is 3.38. The van der Waals surface area contributed by atoms with E-state index in [1.54, 1.807) is 14.2 Å². The molecule has 5 nitrogen and oxygen atoms in total. The number of hydrogen-bond donors (Lipinski definition) is 0. The Balaban J connectivity index is 2.02. The molecule has 0 amide bonds. The fourth-order valence-corrected chi connectivity index (χ4v) is 4.01.